The number of anilines is 1. The second-order valence-electron chi connectivity index (χ2n) is 4.99. The lowest BCUT2D eigenvalue weighted by Crippen LogP contribution is -2.47. The maximum atomic E-state index is 13.6. The Kier molecular flexibility index (Phi) is 4.31. The fourth-order valence-corrected chi connectivity index (χ4v) is 3.46. The van der Waals surface area contributed by atoms with Crippen LogP contribution in [0.2, 0.25) is 0 Å². The first-order valence-corrected chi connectivity index (χ1v) is 8.01. The zero-order valence-electron chi connectivity index (χ0n) is 11.5. The maximum Gasteiger partial charge on any atom is 0.241 e. The highest BCUT2D eigenvalue weighted by atomic mass is 32.2. The molecule has 20 heavy (non-hydrogen) atoms. The van der Waals surface area contributed by atoms with E-state index in [2.05, 4.69) is 4.72 Å². The number of halogens is 1. The number of nitrogens with one attached hydrogen (secondary N) is 1. The molecule has 1 fully saturated rings. The number of nitrogen functional groups attached to an aromatic ring is 1. The lowest BCUT2D eigenvalue weighted by molar-refractivity contribution is -0.00476. The summed E-state index contributed by atoms with van der Waals surface area (Å²) in [4.78, 5) is -0.141. The van der Waals surface area contributed by atoms with Gasteiger partial charge >= 0.3 is 0 Å². The average molecular weight is 302 g/mol. The van der Waals surface area contributed by atoms with Crippen LogP contribution in [0.25, 0.3) is 0 Å². The van der Waals surface area contributed by atoms with Crippen LogP contribution in [0.15, 0.2) is 17.0 Å². The molecule has 0 atom stereocenters. The van der Waals surface area contributed by atoms with Crippen molar-refractivity contribution in [2.75, 3.05) is 12.3 Å². The first-order chi connectivity index (χ1) is 9.33. The zero-order chi connectivity index (χ0) is 14.9. The van der Waals surface area contributed by atoms with Crippen molar-refractivity contribution in [1.82, 2.24) is 4.72 Å². The van der Waals surface area contributed by atoms with E-state index < -0.39 is 15.8 Å². The van der Waals surface area contributed by atoms with Crippen molar-refractivity contribution in [3.63, 3.8) is 0 Å². The van der Waals surface area contributed by atoms with Gasteiger partial charge in [-0.1, -0.05) is 0 Å². The molecule has 0 unspecified atom stereocenters. The van der Waals surface area contributed by atoms with Gasteiger partial charge in [-0.25, -0.2) is 17.5 Å². The summed E-state index contributed by atoms with van der Waals surface area (Å²) < 4.78 is 45.8. The highest BCUT2D eigenvalue weighted by Gasteiger charge is 2.33. The van der Waals surface area contributed by atoms with E-state index in [1.165, 1.54) is 13.0 Å². The number of benzene rings is 1. The Hall–Kier alpha value is -1.18. The summed E-state index contributed by atoms with van der Waals surface area (Å²) in [5.74, 6) is -0.619. The molecule has 0 aromatic heterocycles. The van der Waals surface area contributed by atoms with Gasteiger partial charge < -0.3 is 10.5 Å². The molecule has 0 aliphatic heterocycles. The Bertz CT molecular complexity index is 575. The van der Waals surface area contributed by atoms with Gasteiger partial charge in [-0.3, -0.25) is 0 Å². The predicted octanol–water partition coefficient (Wildman–Crippen LogP) is 1.56. The average Bonchev–Trinajstić information content (AvgIpc) is 2.32. The fourth-order valence-electron chi connectivity index (χ4n) is 2.15. The third-order valence-corrected chi connectivity index (χ3v) is 4.99. The lowest BCUT2D eigenvalue weighted by atomic mass is 9.90. The third kappa shape index (κ3) is 3.11. The maximum absolute atomic E-state index is 13.6. The molecule has 1 saturated carbocycles. The summed E-state index contributed by atoms with van der Waals surface area (Å²) in [6.45, 7) is 4.02. The third-order valence-electron chi connectivity index (χ3n) is 3.49. The molecular weight excluding hydrogens is 283 g/mol. The molecule has 0 radical (unpaired) electrons. The van der Waals surface area contributed by atoms with Crippen molar-refractivity contribution in [3.05, 3.63) is 23.5 Å². The van der Waals surface area contributed by atoms with Crippen molar-refractivity contribution in [2.45, 2.75) is 43.7 Å². The van der Waals surface area contributed by atoms with Gasteiger partial charge in [0.15, 0.2) is 0 Å². The number of sulfonamides is 1. The van der Waals surface area contributed by atoms with Crippen molar-refractivity contribution < 1.29 is 17.5 Å². The molecule has 1 aromatic rings. The molecule has 2 rings (SSSR count). The summed E-state index contributed by atoms with van der Waals surface area (Å²) in [6.07, 6.45) is 1.38. The Balaban J connectivity index is 2.08. The highest BCUT2D eigenvalue weighted by molar-refractivity contribution is 7.89. The SMILES string of the molecule is CCOC1CC(NS(=O)(=O)c2cc(N)c(C)c(F)c2)C1. The number of hydrogen-bond donors (Lipinski definition) is 2. The highest BCUT2D eigenvalue weighted by Crippen LogP contribution is 2.26. The molecule has 0 spiro atoms. The minimum absolute atomic E-state index is 0.104. The van der Waals surface area contributed by atoms with E-state index in [1.807, 2.05) is 6.92 Å². The van der Waals surface area contributed by atoms with E-state index in [4.69, 9.17) is 10.5 Å². The van der Waals surface area contributed by atoms with E-state index in [9.17, 15) is 12.8 Å². The van der Waals surface area contributed by atoms with Gasteiger partial charge in [-0.2, -0.15) is 0 Å². The number of nitrogens with two attached hydrogens (primary N) is 1. The fraction of sp³-hybridized carbons (Fsp3) is 0.538. The van der Waals surface area contributed by atoms with Crippen LogP contribution in [0.1, 0.15) is 25.3 Å². The van der Waals surface area contributed by atoms with Gasteiger partial charge in [0.2, 0.25) is 10.0 Å². The topological polar surface area (TPSA) is 81.4 Å². The van der Waals surface area contributed by atoms with Gasteiger partial charge in [-0.15, -0.1) is 0 Å². The molecule has 1 aromatic carbocycles. The van der Waals surface area contributed by atoms with Crippen LogP contribution in [0.4, 0.5) is 10.1 Å². The minimum atomic E-state index is -3.75. The molecule has 0 heterocycles. The standard InChI is InChI=1S/C13H19FN2O3S/c1-3-19-10-4-9(5-10)16-20(17,18)11-6-12(14)8(2)13(15)7-11/h6-7,9-10,16H,3-5,15H2,1-2H3. The molecule has 3 N–H and O–H groups in total. The van der Waals surface area contributed by atoms with Crippen LogP contribution >= 0.6 is 0 Å². The van der Waals surface area contributed by atoms with Crippen LogP contribution in [0.3, 0.4) is 0 Å². The quantitative estimate of drug-likeness (QED) is 0.809. The summed E-state index contributed by atoms with van der Waals surface area (Å²) in [7, 11) is -3.75. The van der Waals surface area contributed by atoms with Crippen LogP contribution in [0, 0.1) is 12.7 Å². The van der Waals surface area contributed by atoms with Crippen LogP contribution in [-0.4, -0.2) is 27.2 Å². The van der Waals surface area contributed by atoms with Crippen LogP contribution in [0.5, 0.6) is 0 Å². The van der Waals surface area contributed by atoms with Gasteiger partial charge in [0, 0.05) is 23.9 Å². The lowest BCUT2D eigenvalue weighted by Gasteiger charge is -2.35. The van der Waals surface area contributed by atoms with Crippen LogP contribution < -0.4 is 10.5 Å². The van der Waals surface area contributed by atoms with Crippen molar-refractivity contribution in [3.8, 4) is 0 Å². The van der Waals surface area contributed by atoms with E-state index in [0.717, 1.165) is 6.07 Å². The molecular formula is C13H19FN2O3S. The van der Waals surface area contributed by atoms with E-state index in [-0.39, 0.29) is 28.3 Å². The van der Waals surface area contributed by atoms with Crippen molar-refractivity contribution in [1.29, 1.82) is 0 Å². The molecule has 0 bridgehead atoms. The number of hydrogen-bond acceptors (Lipinski definition) is 4. The van der Waals surface area contributed by atoms with Gasteiger partial charge in [0.05, 0.1) is 11.0 Å². The van der Waals surface area contributed by atoms with Gasteiger partial charge in [-0.05, 0) is 38.8 Å². The largest absolute Gasteiger partial charge is 0.398 e. The Morgan fingerprint density at radius 3 is 2.65 bits per heavy atom. The zero-order valence-corrected chi connectivity index (χ0v) is 12.3. The first-order valence-electron chi connectivity index (χ1n) is 6.53. The summed E-state index contributed by atoms with van der Waals surface area (Å²) in [6, 6.07) is 2.11. The first kappa shape index (κ1) is 15.2. The van der Waals surface area contributed by atoms with Gasteiger partial charge in [0.25, 0.3) is 0 Å². The summed E-state index contributed by atoms with van der Waals surface area (Å²) in [5.41, 5.74) is 5.99. The minimum Gasteiger partial charge on any atom is -0.398 e. The number of rotatable bonds is 5. The van der Waals surface area contributed by atoms with Crippen LogP contribution in [-0.2, 0) is 14.8 Å². The second-order valence-corrected chi connectivity index (χ2v) is 6.70. The smallest absolute Gasteiger partial charge is 0.241 e. The van der Waals surface area contributed by atoms with E-state index in [0.29, 0.717) is 19.4 Å². The Morgan fingerprint density at radius 1 is 1.45 bits per heavy atom. The van der Waals surface area contributed by atoms with Gasteiger partial charge in [0.1, 0.15) is 5.82 Å². The summed E-state index contributed by atoms with van der Waals surface area (Å²) >= 11 is 0. The molecule has 0 saturated heterocycles. The van der Waals surface area contributed by atoms with Crippen molar-refractivity contribution in [2.24, 2.45) is 0 Å². The second kappa shape index (κ2) is 5.67. The monoisotopic (exact) mass is 302 g/mol. The van der Waals surface area contributed by atoms with Crippen molar-refractivity contribution >= 4 is 15.7 Å². The molecule has 1 aliphatic rings. The Morgan fingerprint density at radius 2 is 2.10 bits per heavy atom. The predicted molar refractivity (Wildman–Crippen MR) is 74.3 cm³/mol. The molecule has 7 heteroatoms. The van der Waals surface area contributed by atoms with E-state index in [1.54, 1.807) is 0 Å². The van der Waals surface area contributed by atoms with E-state index >= 15 is 0 Å². The molecule has 1 aliphatic carbocycles. The molecule has 0 amide bonds. The Labute approximate surface area is 118 Å². The molecule has 112 valence electrons. The normalized spacial score (nSPS) is 22.6. The molecule has 5 nitrogen and oxygen atoms in total. The number of ether oxygens (including phenoxy) is 1. The summed E-state index contributed by atoms with van der Waals surface area (Å²) in [5, 5.41) is 0.